The molecule has 0 aromatic carbocycles. The Morgan fingerprint density at radius 1 is 1.21 bits per heavy atom. The van der Waals surface area contributed by atoms with Crippen LogP contribution in [-0.4, -0.2) is 23.9 Å². The lowest BCUT2D eigenvalue weighted by Gasteiger charge is -2.38. The second kappa shape index (κ2) is 5.15. The zero-order valence-corrected chi connectivity index (χ0v) is 12.5. The van der Waals surface area contributed by atoms with E-state index in [1.165, 1.54) is 6.42 Å². The van der Waals surface area contributed by atoms with Gasteiger partial charge in [0.15, 0.2) is 0 Å². The molecule has 0 aromatic rings. The van der Waals surface area contributed by atoms with E-state index in [4.69, 9.17) is 0 Å². The molecule has 0 radical (unpaired) electrons. The van der Waals surface area contributed by atoms with Crippen LogP contribution < -0.4 is 0 Å². The second-order valence-corrected chi connectivity index (χ2v) is 7.33. The SMILES string of the molecule is CC(C)(C)C1CCCN(C(=O)C2(C#N)CCC2)CC1. The first-order valence-electron chi connectivity index (χ1n) is 7.60. The Morgan fingerprint density at radius 3 is 2.37 bits per heavy atom. The number of carbonyl (C=O) groups is 1. The molecule has 1 saturated carbocycles. The lowest BCUT2D eigenvalue weighted by atomic mass is 9.69. The van der Waals surface area contributed by atoms with Crippen molar-refractivity contribution in [3.63, 3.8) is 0 Å². The van der Waals surface area contributed by atoms with Crippen molar-refractivity contribution in [2.75, 3.05) is 13.1 Å². The highest BCUT2D eigenvalue weighted by Gasteiger charge is 2.47. The Kier molecular flexibility index (Phi) is 3.90. The minimum Gasteiger partial charge on any atom is -0.341 e. The van der Waals surface area contributed by atoms with Gasteiger partial charge in [-0.25, -0.2) is 0 Å². The highest BCUT2D eigenvalue weighted by molar-refractivity contribution is 5.86. The van der Waals surface area contributed by atoms with Crippen LogP contribution in [-0.2, 0) is 4.79 Å². The Hall–Kier alpha value is -1.04. The molecule has 1 aliphatic carbocycles. The van der Waals surface area contributed by atoms with Gasteiger partial charge in [-0.1, -0.05) is 20.8 Å². The van der Waals surface area contributed by atoms with Gasteiger partial charge in [-0.3, -0.25) is 4.79 Å². The predicted octanol–water partition coefficient (Wildman–Crippen LogP) is 3.36. The number of amides is 1. The van der Waals surface area contributed by atoms with E-state index < -0.39 is 5.41 Å². The maximum absolute atomic E-state index is 12.5. The quantitative estimate of drug-likeness (QED) is 0.727. The van der Waals surface area contributed by atoms with Gasteiger partial charge in [0.25, 0.3) is 0 Å². The third-order valence-corrected chi connectivity index (χ3v) is 5.07. The van der Waals surface area contributed by atoms with E-state index in [0.717, 1.165) is 45.2 Å². The fourth-order valence-corrected chi connectivity index (χ4v) is 3.37. The Balaban J connectivity index is 2.00. The smallest absolute Gasteiger partial charge is 0.243 e. The highest BCUT2D eigenvalue weighted by Crippen LogP contribution is 2.43. The van der Waals surface area contributed by atoms with Crippen LogP contribution in [0.3, 0.4) is 0 Å². The van der Waals surface area contributed by atoms with Crippen molar-refractivity contribution in [2.45, 2.75) is 59.3 Å². The molecule has 0 spiro atoms. The van der Waals surface area contributed by atoms with E-state index in [9.17, 15) is 10.1 Å². The molecule has 106 valence electrons. The van der Waals surface area contributed by atoms with Gasteiger partial charge in [0.05, 0.1) is 6.07 Å². The molecule has 0 aromatic heterocycles. The summed E-state index contributed by atoms with van der Waals surface area (Å²) in [5, 5.41) is 9.29. The minimum atomic E-state index is -0.665. The van der Waals surface area contributed by atoms with Crippen LogP contribution in [0.25, 0.3) is 0 Å². The summed E-state index contributed by atoms with van der Waals surface area (Å²) in [4.78, 5) is 14.5. The lowest BCUT2D eigenvalue weighted by molar-refractivity contribution is -0.143. The van der Waals surface area contributed by atoms with Crippen LogP contribution in [0.1, 0.15) is 59.3 Å². The molecule has 3 heteroatoms. The molecule has 3 nitrogen and oxygen atoms in total. The van der Waals surface area contributed by atoms with Crippen molar-refractivity contribution in [3.8, 4) is 6.07 Å². The van der Waals surface area contributed by atoms with Crippen molar-refractivity contribution in [2.24, 2.45) is 16.7 Å². The molecule has 0 N–H and O–H groups in total. The summed E-state index contributed by atoms with van der Waals surface area (Å²) in [6, 6.07) is 2.28. The van der Waals surface area contributed by atoms with Gasteiger partial charge < -0.3 is 4.90 Å². The molecule has 1 aliphatic heterocycles. The largest absolute Gasteiger partial charge is 0.341 e. The maximum Gasteiger partial charge on any atom is 0.243 e. The van der Waals surface area contributed by atoms with E-state index >= 15 is 0 Å². The first-order valence-corrected chi connectivity index (χ1v) is 7.60. The van der Waals surface area contributed by atoms with Crippen molar-refractivity contribution in [1.82, 2.24) is 4.90 Å². The van der Waals surface area contributed by atoms with Gasteiger partial charge in [-0.2, -0.15) is 5.26 Å². The first-order chi connectivity index (χ1) is 8.89. The molecule has 2 aliphatic rings. The van der Waals surface area contributed by atoms with Crippen LogP contribution in [0.5, 0.6) is 0 Å². The Labute approximate surface area is 117 Å². The minimum absolute atomic E-state index is 0.107. The Bertz CT molecular complexity index is 385. The van der Waals surface area contributed by atoms with Gasteiger partial charge in [0, 0.05) is 13.1 Å². The van der Waals surface area contributed by atoms with E-state index in [-0.39, 0.29) is 5.91 Å². The van der Waals surface area contributed by atoms with E-state index in [2.05, 4.69) is 26.8 Å². The predicted molar refractivity (Wildman–Crippen MR) is 75.3 cm³/mol. The molecule has 1 atom stereocenters. The summed E-state index contributed by atoms with van der Waals surface area (Å²) >= 11 is 0. The van der Waals surface area contributed by atoms with Crippen LogP contribution >= 0.6 is 0 Å². The normalized spacial score (nSPS) is 27.1. The summed E-state index contributed by atoms with van der Waals surface area (Å²) in [5.41, 5.74) is -0.343. The second-order valence-electron chi connectivity index (χ2n) is 7.33. The van der Waals surface area contributed by atoms with Crippen molar-refractivity contribution >= 4 is 5.91 Å². The first kappa shape index (κ1) is 14.4. The van der Waals surface area contributed by atoms with Gasteiger partial charge in [-0.15, -0.1) is 0 Å². The average molecular weight is 262 g/mol. The van der Waals surface area contributed by atoms with E-state index in [1.807, 2.05) is 4.90 Å². The molecular formula is C16H26N2O. The van der Waals surface area contributed by atoms with Gasteiger partial charge in [-0.05, 0) is 49.9 Å². The number of hydrogen-bond donors (Lipinski definition) is 0. The lowest BCUT2D eigenvalue weighted by Crippen LogP contribution is -2.47. The van der Waals surface area contributed by atoms with Crippen molar-refractivity contribution < 1.29 is 4.79 Å². The summed E-state index contributed by atoms with van der Waals surface area (Å²) in [6.45, 7) is 8.55. The molecule has 2 rings (SSSR count). The third-order valence-electron chi connectivity index (χ3n) is 5.07. The van der Waals surface area contributed by atoms with Gasteiger partial charge in [0.1, 0.15) is 5.41 Å². The van der Waals surface area contributed by atoms with Crippen LogP contribution in [0.15, 0.2) is 0 Å². The zero-order chi connectivity index (χ0) is 14.1. The van der Waals surface area contributed by atoms with Crippen LogP contribution in [0.2, 0.25) is 0 Å². The topological polar surface area (TPSA) is 44.1 Å². The van der Waals surface area contributed by atoms with E-state index in [0.29, 0.717) is 11.3 Å². The standard InChI is InChI=1S/C16H26N2O/c1-15(2,3)13-6-4-10-18(11-7-13)14(19)16(12-17)8-5-9-16/h13H,4-11H2,1-3H3. The molecule has 1 saturated heterocycles. The third kappa shape index (κ3) is 2.78. The molecule has 1 amide bonds. The number of hydrogen-bond acceptors (Lipinski definition) is 2. The molecule has 19 heavy (non-hydrogen) atoms. The average Bonchev–Trinajstić information content (AvgIpc) is 2.52. The van der Waals surface area contributed by atoms with E-state index in [1.54, 1.807) is 0 Å². The summed E-state index contributed by atoms with van der Waals surface area (Å²) < 4.78 is 0. The monoisotopic (exact) mass is 262 g/mol. The highest BCUT2D eigenvalue weighted by atomic mass is 16.2. The summed E-state index contributed by atoms with van der Waals surface area (Å²) in [7, 11) is 0. The molecular weight excluding hydrogens is 236 g/mol. The molecule has 2 fully saturated rings. The molecule has 1 unspecified atom stereocenters. The number of nitriles is 1. The summed E-state index contributed by atoms with van der Waals surface area (Å²) in [5.74, 6) is 0.792. The number of likely N-dealkylation sites (tertiary alicyclic amines) is 1. The zero-order valence-electron chi connectivity index (χ0n) is 12.5. The fraction of sp³-hybridized carbons (Fsp3) is 0.875. The molecule has 1 heterocycles. The van der Waals surface area contributed by atoms with Gasteiger partial charge in [0.2, 0.25) is 5.91 Å². The van der Waals surface area contributed by atoms with Crippen LogP contribution in [0, 0.1) is 28.1 Å². The number of rotatable bonds is 1. The maximum atomic E-state index is 12.5. The van der Waals surface area contributed by atoms with Crippen molar-refractivity contribution in [3.05, 3.63) is 0 Å². The fourth-order valence-electron chi connectivity index (χ4n) is 3.37. The number of carbonyl (C=O) groups excluding carboxylic acids is 1. The molecule has 0 bridgehead atoms. The Morgan fingerprint density at radius 2 is 1.89 bits per heavy atom. The van der Waals surface area contributed by atoms with Crippen molar-refractivity contribution in [1.29, 1.82) is 5.26 Å². The number of nitrogens with zero attached hydrogens (tertiary/aromatic N) is 2. The summed E-state index contributed by atoms with van der Waals surface area (Å²) in [6.07, 6.45) is 5.92. The van der Waals surface area contributed by atoms with Gasteiger partial charge >= 0.3 is 0 Å². The van der Waals surface area contributed by atoms with Crippen LogP contribution in [0.4, 0.5) is 0 Å².